The Hall–Kier alpha value is -2.69. The molecule has 2 aromatic carbocycles. The lowest BCUT2D eigenvalue weighted by atomic mass is 10.2. The maximum absolute atomic E-state index is 12.2. The SMILES string of the molecule is CCCOc1ccc(C(=O)Nc2ccc(O)cc2)cc1OC. The fourth-order valence-corrected chi connectivity index (χ4v) is 1.89. The van der Waals surface area contributed by atoms with Gasteiger partial charge in [-0.3, -0.25) is 4.79 Å². The monoisotopic (exact) mass is 301 g/mol. The molecule has 22 heavy (non-hydrogen) atoms. The summed E-state index contributed by atoms with van der Waals surface area (Å²) in [6.07, 6.45) is 0.895. The number of anilines is 1. The summed E-state index contributed by atoms with van der Waals surface area (Å²) >= 11 is 0. The summed E-state index contributed by atoms with van der Waals surface area (Å²) < 4.78 is 10.8. The summed E-state index contributed by atoms with van der Waals surface area (Å²) in [5, 5.41) is 12.0. The van der Waals surface area contributed by atoms with Gasteiger partial charge in [-0.25, -0.2) is 0 Å². The molecule has 0 aliphatic carbocycles. The van der Waals surface area contributed by atoms with Crippen molar-refractivity contribution in [1.29, 1.82) is 0 Å². The lowest BCUT2D eigenvalue weighted by Crippen LogP contribution is -2.12. The van der Waals surface area contributed by atoms with E-state index in [0.29, 0.717) is 29.4 Å². The van der Waals surface area contributed by atoms with Gasteiger partial charge in [-0.05, 0) is 48.9 Å². The minimum Gasteiger partial charge on any atom is -0.508 e. The van der Waals surface area contributed by atoms with Crippen molar-refractivity contribution in [2.24, 2.45) is 0 Å². The molecule has 0 spiro atoms. The van der Waals surface area contributed by atoms with Gasteiger partial charge in [-0.2, -0.15) is 0 Å². The third kappa shape index (κ3) is 3.91. The number of phenolic OH excluding ortho intramolecular Hbond substituents is 1. The summed E-state index contributed by atoms with van der Waals surface area (Å²) in [6.45, 7) is 2.61. The second-order valence-electron chi connectivity index (χ2n) is 4.72. The number of ether oxygens (including phenoxy) is 2. The van der Waals surface area contributed by atoms with E-state index in [1.807, 2.05) is 6.92 Å². The molecule has 0 bridgehead atoms. The topological polar surface area (TPSA) is 67.8 Å². The molecule has 2 aromatic rings. The van der Waals surface area contributed by atoms with E-state index in [1.54, 1.807) is 30.3 Å². The molecule has 0 atom stereocenters. The zero-order valence-corrected chi connectivity index (χ0v) is 12.6. The molecular weight excluding hydrogens is 282 g/mol. The first kappa shape index (κ1) is 15.7. The number of phenols is 1. The van der Waals surface area contributed by atoms with Crippen molar-refractivity contribution in [2.75, 3.05) is 19.0 Å². The van der Waals surface area contributed by atoms with Crippen molar-refractivity contribution >= 4 is 11.6 Å². The lowest BCUT2D eigenvalue weighted by molar-refractivity contribution is 0.102. The number of hydrogen-bond donors (Lipinski definition) is 2. The van der Waals surface area contributed by atoms with E-state index in [0.717, 1.165) is 6.42 Å². The molecule has 2 rings (SSSR count). The predicted octanol–water partition coefficient (Wildman–Crippen LogP) is 3.44. The van der Waals surface area contributed by atoms with Crippen LogP contribution in [-0.4, -0.2) is 24.7 Å². The van der Waals surface area contributed by atoms with Gasteiger partial charge in [0.25, 0.3) is 5.91 Å². The van der Waals surface area contributed by atoms with Crippen LogP contribution in [0.3, 0.4) is 0 Å². The molecule has 5 heteroatoms. The van der Waals surface area contributed by atoms with Gasteiger partial charge < -0.3 is 19.9 Å². The zero-order valence-electron chi connectivity index (χ0n) is 12.6. The number of carbonyl (C=O) groups is 1. The molecule has 1 amide bonds. The maximum Gasteiger partial charge on any atom is 0.255 e. The Bertz CT molecular complexity index is 638. The Balaban J connectivity index is 2.13. The van der Waals surface area contributed by atoms with Gasteiger partial charge in [0.2, 0.25) is 0 Å². The normalized spacial score (nSPS) is 10.1. The number of hydrogen-bond acceptors (Lipinski definition) is 4. The third-order valence-corrected chi connectivity index (χ3v) is 3.01. The summed E-state index contributed by atoms with van der Waals surface area (Å²) in [6, 6.07) is 11.3. The standard InChI is InChI=1S/C17H19NO4/c1-3-10-22-15-9-4-12(11-16(15)21-2)17(20)18-13-5-7-14(19)8-6-13/h4-9,11,19H,3,10H2,1-2H3,(H,18,20). The smallest absolute Gasteiger partial charge is 0.255 e. The highest BCUT2D eigenvalue weighted by Gasteiger charge is 2.11. The molecular formula is C17H19NO4. The maximum atomic E-state index is 12.2. The molecule has 0 unspecified atom stereocenters. The van der Waals surface area contributed by atoms with Crippen LogP contribution >= 0.6 is 0 Å². The van der Waals surface area contributed by atoms with Gasteiger partial charge in [-0.1, -0.05) is 6.92 Å². The van der Waals surface area contributed by atoms with Gasteiger partial charge in [0.1, 0.15) is 5.75 Å². The zero-order chi connectivity index (χ0) is 15.9. The molecule has 2 N–H and O–H groups in total. The van der Waals surface area contributed by atoms with E-state index in [9.17, 15) is 9.90 Å². The van der Waals surface area contributed by atoms with Crippen LogP contribution < -0.4 is 14.8 Å². The highest BCUT2D eigenvalue weighted by atomic mass is 16.5. The van der Waals surface area contributed by atoms with E-state index in [4.69, 9.17) is 9.47 Å². The van der Waals surface area contributed by atoms with E-state index < -0.39 is 0 Å². The van der Waals surface area contributed by atoms with Gasteiger partial charge >= 0.3 is 0 Å². The Labute approximate surface area is 129 Å². The average molecular weight is 301 g/mol. The van der Waals surface area contributed by atoms with Crippen LogP contribution in [0.25, 0.3) is 0 Å². The van der Waals surface area contributed by atoms with Crippen LogP contribution in [0.5, 0.6) is 17.2 Å². The van der Waals surface area contributed by atoms with Crippen LogP contribution in [0.2, 0.25) is 0 Å². The number of nitrogens with one attached hydrogen (secondary N) is 1. The van der Waals surface area contributed by atoms with Gasteiger partial charge in [0, 0.05) is 11.3 Å². The minimum absolute atomic E-state index is 0.150. The van der Waals surface area contributed by atoms with Crippen molar-refractivity contribution in [3.05, 3.63) is 48.0 Å². The van der Waals surface area contributed by atoms with Crippen LogP contribution in [-0.2, 0) is 0 Å². The third-order valence-electron chi connectivity index (χ3n) is 3.01. The van der Waals surface area contributed by atoms with E-state index >= 15 is 0 Å². The van der Waals surface area contributed by atoms with Crippen molar-refractivity contribution in [3.63, 3.8) is 0 Å². The largest absolute Gasteiger partial charge is 0.508 e. The van der Waals surface area contributed by atoms with Crippen LogP contribution in [0, 0.1) is 0 Å². The first-order valence-corrected chi connectivity index (χ1v) is 7.05. The number of rotatable bonds is 6. The molecule has 5 nitrogen and oxygen atoms in total. The second kappa shape index (κ2) is 7.36. The number of aromatic hydroxyl groups is 1. The molecule has 0 saturated heterocycles. The molecule has 0 fully saturated rings. The average Bonchev–Trinajstić information content (AvgIpc) is 2.54. The first-order valence-electron chi connectivity index (χ1n) is 7.05. The number of amides is 1. The first-order chi connectivity index (χ1) is 10.6. The number of methoxy groups -OCH3 is 1. The van der Waals surface area contributed by atoms with Crippen molar-refractivity contribution in [3.8, 4) is 17.2 Å². The van der Waals surface area contributed by atoms with Crippen LogP contribution in [0.4, 0.5) is 5.69 Å². The van der Waals surface area contributed by atoms with Crippen molar-refractivity contribution < 1.29 is 19.4 Å². The summed E-state index contributed by atoms with van der Waals surface area (Å²) in [4.78, 5) is 12.2. The Morgan fingerprint density at radius 3 is 2.50 bits per heavy atom. The quantitative estimate of drug-likeness (QED) is 0.802. The summed E-state index contributed by atoms with van der Waals surface area (Å²) in [5.74, 6) is 1.03. The molecule has 0 aliphatic heterocycles. The van der Waals surface area contributed by atoms with Crippen molar-refractivity contribution in [2.45, 2.75) is 13.3 Å². The van der Waals surface area contributed by atoms with Crippen LogP contribution in [0.15, 0.2) is 42.5 Å². The molecule has 0 heterocycles. The molecule has 0 aromatic heterocycles. The lowest BCUT2D eigenvalue weighted by Gasteiger charge is -2.12. The number of benzene rings is 2. The van der Waals surface area contributed by atoms with Gasteiger partial charge in [-0.15, -0.1) is 0 Å². The molecule has 0 saturated carbocycles. The fourth-order valence-electron chi connectivity index (χ4n) is 1.89. The van der Waals surface area contributed by atoms with E-state index in [1.165, 1.54) is 19.2 Å². The Morgan fingerprint density at radius 1 is 1.14 bits per heavy atom. The molecule has 116 valence electrons. The van der Waals surface area contributed by atoms with Gasteiger partial charge in [0.05, 0.1) is 13.7 Å². The van der Waals surface area contributed by atoms with E-state index in [2.05, 4.69) is 5.32 Å². The Morgan fingerprint density at radius 2 is 1.86 bits per heavy atom. The van der Waals surface area contributed by atoms with Gasteiger partial charge in [0.15, 0.2) is 11.5 Å². The minimum atomic E-state index is -0.258. The summed E-state index contributed by atoms with van der Waals surface area (Å²) in [7, 11) is 1.54. The second-order valence-corrected chi connectivity index (χ2v) is 4.72. The molecule has 0 aliphatic rings. The number of carbonyl (C=O) groups excluding carboxylic acids is 1. The highest BCUT2D eigenvalue weighted by molar-refractivity contribution is 6.04. The van der Waals surface area contributed by atoms with E-state index in [-0.39, 0.29) is 11.7 Å². The van der Waals surface area contributed by atoms with Crippen LogP contribution in [0.1, 0.15) is 23.7 Å². The van der Waals surface area contributed by atoms with Crippen molar-refractivity contribution in [1.82, 2.24) is 0 Å². The Kier molecular flexibility index (Phi) is 5.25. The fraction of sp³-hybridized carbons (Fsp3) is 0.235. The summed E-state index contributed by atoms with van der Waals surface area (Å²) in [5.41, 5.74) is 1.07. The highest BCUT2D eigenvalue weighted by Crippen LogP contribution is 2.28. The predicted molar refractivity (Wildman–Crippen MR) is 84.8 cm³/mol. The molecule has 0 radical (unpaired) electrons.